The molecule has 0 saturated carbocycles. The van der Waals surface area contributed by atoms with Gasteiger partial charge in [0.2, 0.25) is 5.91 Å². The van der Waals surface area contributed by atoms with Crippen LogP contribution in [0, 0.1) is 0 Å². The minimum atomic E-state index is -0.811. The van der Waals surface area contributed by atoms with E-state index in [-0.39, 0.29) is 24.9 Å². The molecule has 1 amide bonds. The molecule has 0 aromatic carbocycles. The second-order valence-corrected chi connectivity index (χ2v) is 17.9. The number of hydrogen-bond donors (Lipinski definition) is 3. The fourth-order valence-electron chi connectivity index (χ4n) is 7.84. The Morgan fingerprint density at radius 2 is 0.869 bits per heavy atom. The van der Waals surface area contributed by atoms with Crippen molar-refractivity contribution in [2.75, 3.05) is 6.61 Å². The van der Waals surface area contributed by atoms with Crippen molar-refractivity contribution < 1.29 is 24.5 Å². The van der Waals surface area contributed by atoms with E-state index in [0.29, 0.717) is 12.8 Å². The Kier molecular flexibility index (Phi) is 47.1. The lowest BCUT2D eigenvalue weighted by Gasteiger charge is -2.23. The number of rotatable bonds is 47. The van der Waals surface area contributed by atoms with Crippen molar-refractivity contribution in [1.29, 1.82) is 0 Å². The first-order chi connectivity index (χ1) is 30.0. The number of esters is 1. The third-order valence-electron chi connectivity index (χ3n) is 11.9. The lowest BCUT2D eigenvalue weighted by atomic mass is 10.0. The van der Waals surface area contributed by atoms with Crippen molar-refractivity contribution in [2.24, 2.45) is 0 Å². The molecule has 0 spiro atoms. The van der Waals surface area contributed by atoms with Crippen molar-refractivity contribution in [3.8, 4) is 0 Å². The molecule has 0 rings (SSSR count). The zero-order chi connectivity index (χ0) is 44.5. The topological polar surface area (TPSA) is 95.9 Å². The quantitative estimate of drug-likeness (QED) is 0.0322. The van der Waals surface area contributed by atoms with Crippen LogP contribution in [0.15, 0.2) is 48.6 Å². The smallest absolute Gasteiger partial charge is 0.306 e. The Hall–Kier alpha value is -2.18. The molecule has 61 heavy (non-hydrogen) atoms. The number of ether oxygens (including phenoxy) is 1. The molecule has 0 bridgehead atoms. The van der Waals surface area contributed by atoms with Crippen LogP contribution >= 0.6 is 0 Å². The van der Waals surface area contributed by atoms with Gasteiger partial charge in [0.1, 0.15) is 6.10 Å². The van der Waals surface area contributed by atoms with Crippen molar-refractivity contribution in [3.05, 3.63) is 48.6 Å². The van der Waals surface area contributed by atoms with E-state index in [1.807, 2.05) is 12.2 Å². The fourth-order valence-corrected chi connectivity index (χ4v) is 7.84. The molecule has 3 atom stereocenters. The number of carbonyl (C=O) groups is 2. The van der Waals surface area contributed by atoms with E-state index in [1.165, 1.54) is 161 Å². The minimum Gasteiger partial charge on any atom is -0.458 e. The normalized spacial score (nSPS) is 13.6. The van der Waals surface area contributed by atoms with Gasteiger partial charge in [-0.05, 0) is 70.3 Å². The third kappa shape index (κ3) is 44.2. The Morgan fingerprint density at radius 1 is 0.492 bits per heavy atom. The summed E-state index contributed by atoms with van der Waals surface area (Å²) in [7, 11) is 0. The molecule has 3 unspecified atom stereocenters. The fraction of sp³-hybridized carbons (Fsp3) is 0.818. The Balaban J connectivity index is 4.58. The molecule has 0 aromatic rings. The summed E-state index contributed by atoms with van der Waals surface area (Å²) in [6.45, 7) is 6.43. The zero-order valence-electron chi connectivity index (χ0n) is 40.5. The van der Waals surface area contributed by atoms with Gasteiger partial charge in [0, 0.05) is 6.42 Å². The van der Waals surface area contributed by atoms with Gasteiger partial charge in [-0.15, -0.1) is 0 Å². The predicted octanol–water partition coefficient (Wildman–Crippen LogP) is 15.8. The number of hydrogen-bond acceptors (Lipinski definition) is 5. The maximum Gasteiger partial charge on any atom is 0.306 e. The summed E-state index contributed by atoms with van der Waals surface area (Å²) in [6.07, 6.45) is 59.1. The molecule has 3 N–H and O–H groups in total. The lowest BCUT2D eigenvalue weighted by Crippen LogP contribution is -2.46. The monoisotopic (exact) mass is 856 g/mol. The number of carbonyl (C=O) groups excluding carboxylic acids is 2. The number of nitrogens with one attached hydrogen (secondary N) is 1. The molecule has 0 aliphatic rings. The van der Waals surface area contributed by atoms with Crippen LogP contribution in [0.25, 0.3) is 0 Å². The Labute approximate surface area is 378 Å². The van der Waals surface area contributed by atoms with E-state index in [4.69, 9.17) is 4.74 Å². The zero-order valence-corrected chi connectivity index (χ0v) is 40.5. The molecule has 0 saturated heterocycles. The first-order valence-electron chi connectivity index (χ1n) is 26.4. The highest BCUT2D eigenvalue weighted by atomic mass is 16.5. The van der Waals surface area contributed by atoms with Crippen molar-refractivity contribution >= 4 is 11.9 Å². The Bertz CT molecular complexity index is 1050. The van der Waals surface area contributed by atoms with E-state index in [0.717, 1.165) is 64.2 Å². The molecule has 6 heteroatoms. The molecule has 0 aliphatic carbocycles. The van der Waals surface area contributed by atoms with Gasteiger partial charge in [-0.2, -0.15) is 0 Å². The lowest BCUT2D eigenvalue weighted by molar-refractivity contribution is -0.148. The van der Waals surface area contributed by atoms with Gasteiger partial charge in [-0.3, -0.25) is 9.59 Å². The van der Waals surface area contributed by atoms with E-state index in [9.17, 15) is 19.8 Å². The predicted molar refractivity (Wildman–Crippen MR) is 264 cm³/mol. The number of amides is 1. The summed E-state index contributed by atoms with van der Waals surface area (Å²) in [5.41, 5.74) is 0. The summed E-state index contributed by atoms with van der Waals surface area (Å²) in [6, 6.07) is -0.733. The molecule has 0 aromatic heterocycles. The average molecular weight is 856 g/mol. The first kappa shape index (κ1) is 58.8. The van der Waals surface area contributed by atoms with Crippen LogP contribution in [0.1, 0.15) is 265 Å². The summed E-state index contributed by atoms with van der Waals surface area (Å²) in [5, 5.41) is 23.7. The molecule has 6 nitrogen and oxygen atoms in total. The maximum absolute atomic E-state index is 13.2. The third-order valence-corrected chi connectivity index (χ3v) is 11.9. The Morgan fingerprint density at radius 3 is 1.33 bits per heavy atom. The molecule has 356 valence electrons. The minimum absolute atomic E-state index is 0.0310. The summed E-state index contributed by atoms with van der Waals surface area (Å²) in [5.74, 6) is -0.606. The summed E-state index contributed by atoms with van der Waals surface area (Å²) >= 11 is 0. The number of aliphatic hydroxyl groups excluding tert-OH is 2. The van der Waals surface area contributed by atoms with Crippen LogP contribution in [0.3, 0.4) is 0 Å². The van der Waals surface area contributed by atoms with Gasteiger partial charge in [-0.25, -0.2) is 0 Å². The first-order valence-corrected chi connectivity index (χ1v) is 26.4. The summed E-state index contributed by atoms with van der Waals surface area (Å²) < 4.78 is 5.83. The van der Waals surface area contributed by atoms with Crippen molar-refractivity contribution in [3.63, 3.8) is 0 Å². The van der Waals surface area contributed by atoms with E-state index < -0.39 is 18.2 Å². The van der Waals surface area contributed by atoms with Crippen LogP contribution in [-0.4, -0.2) is 46.9 Å². The molecule has 0 fully saturated rings. The molecular formula is C55H101NO5. The van der Waals surface area contributed by atoms with Crippen molar-refractivity contribution in [1.82, 2.24) is 5.32 Å². The number of allylic oxidation sites excluding steroid dienone is 7. The van der Waals surface area contributed by atoms with Gasteiger partial charge in [0.25, 0.3) is 0 Å². The number of aliphatic hydroxyl groups is 2. The SMILES string of the molecule is CCCCC/C=C\C/C=C\CCCCCCCCCC(=O)OC(/C=C/C/C=C\CCCCCCCC)CC(=O)NC(CO)C(O)CCCCCCCCCCCCCCCC. The van der Waals surface area contributed by atoms with Crippen LogP contribution in [0.2, 0.25) is 0 Å². The highest BCUT2D eigenvalue weighted by Gasteiger charge is 2.23. The van der Waals surface area contributed by atoms with Crippen LogP contribution < -0.4 is 5.32 Å². The maximum atomic E-state index is 13.2. The average Bonchev–Trinajstić information content (AvgIpc) is 3.25. The van der Waals surface area contributed by atoms with E-state index in [2.05, 4.69) is 62.5 Å². The van der Waals surface area contributed by atoms with Gasteiger partial charge < -0.3 is 20.3 Å². The largest absolute Gasteiger partial charge is 0.458 e. The van der Waals surface area contributed by atoms with Crippen LogP contribution in [0.4, 0.5) is 0 Å². The van der Waals surface area contributed by atoms with Crippen molar-refractivity contribution in [2.45, 2.75) is 283 Å². The molecular weight excluding hydrogens is 755 g/mol. The van der Waals surface area contributed by atoms with E-state index in [1.54, 1.807) is 0 Å². The molecule has 0 aliphatic heterocycles. The van der Waals surface area contributed by atoms with Gasteiger partial charge >= 0.3 is 5.97 Å². The van der Waals surface area contributed by atoms with Crippen LogP contribution in [-0.2, 0) is 14.3 Å². The van der Waals surface area contributed by atoms with Gasteiger partial charge in [0.15, 0.2) is 0 Å². The second-order valence-electron chi connectivity index (χ2n) is 17.9. The van der Waals surface area contributed by atoms with Gasteiger partial charge in [0.05, 0.1) is 25.2 Å². The molecule has 0 heterocycles. The second kappa shape index (κ2) is 48.8. The van der Waals surface area contributed by atoms with Gasteiger partial charge in [-0.1, -0.05) is 230 Å². The van der Waals surface area contributed by atoms with E-state index >= 15 is 0 Å². The summed E-state index contributed by atoms with van der Waals surface area (Å²) in [4.78, 5) is 26.1. The highest BCUT2D eigenvalue weighted by molar-refractivity contribution is 5.78. The highest BCUT2D eigenvalue weighted by Crippen LogP contribution is 2.16. The molecule has 0 radical (unpaired) electrons. The number of unbranched alkanes of at least 4 members (excludes halogenated alkanes) is 29. The van der Waals surface area contributed by atoms with Crippen LogP contribution in [0.5, 0.6) is 0 Å². The standard InChI is InChI=1S/C55H101NO5/c1-4-7-10-13-16-19-22-24-26-27-28-30-33-36-39-42-45-48-55(60)61-51(46-43-40-37-34-31-21-18-15-12-9-6-3)49-54(59)56-52(50-57)53(58)47-44-41-38-35-32-29-25-23-20-17-14-11-8-5-2/h16,19,24,26,34,37,43,46,51-53,57-58H,4-15,17-18,20-23,25,27-33,35-36,38-42,44-45,47-50H2,1-3H3,(H,56,59)/b19-16-,26-24-,37-34-,46-43+.